The van der Waals surface area contributed by atoms with Gasteiger partial charge in [-0.2, -0.15) is 26.3 Å². The maximum Gasteiger partial charge on any atom is 0.407 e. The van der Waals surface area contributed by atoms with Crippen molar-refractivity contribution in [3.8, 4) is 0 Å². The molecule has 0 aliphatic rings. The summed E-state index contributed by atoms with van der Waals surface area (Å²) >= 11 is 0. The third-order valence-electron chi connectivity index (χ3n) is 2.50. The first-order valence-electron chi connectivity index (χ1n) is 5.55. The van der Waals surface area contributed by atoms with Crippen molar-refractivity contribution < 1.29 is 30.7 Å². The monoisotopic (exact) mass is 314 g/mol. The highest BCUT2D eigenvalue weighted by molar-refractivity contribution is 5.62. The van der Waals surface area contributed by atoms with Crippen molar-refractivity contribution >= 4 is 11.4 Å². The Morgan fingerprint density at radius 2 is 1.71 bits per heavy atom. The van der Waals surface area contributed by atoms with Gasteiger partial charge in [0.05, 0.1) is 12.1 Å². The lowest BCUT2D eigenvalue weighted by atomic mass is 10.1. The molecule has 0 spiro atoms. The number of halogens is 7. The summed E-state index contributed by atoms with van der Waals surface area (Å²) < 4.78 is 87.6. The average Bonchev–Trinajstić information content (AvgIpc) is 2.35. The quantitative estimate of drug-likeness (QED) is 0.582. The predicted molar refractivity (Wildman–Crippen MR) is 61.9 cm³/mol. The summed E-state index contributed by atoms with van der Waals surface area (Å²) in [6, 6.07) is 2.13. The molecule has 0 heterocycles. The fourth-order valence-electron chi connectivity index (χ4n) is 1.66. The Morgan fingerprint density at radius 3 is 2.14 bits per heavy atom. The summed E-state index contributed by atoms with van der Waals surface area (Å²) in [5, 5.41) is 0. The molecule has 0 bridgehead atoms. The van der Waals surface area contributed by atoms with E-state index in [0.717, 1.165) is 12.1 Å². The Kier molecular flexibility index (Phi) is 5.04. The van der Waals surface area contributed by atoms with Crippen LogP contribution in [0.5, 0.6) is 0 Å². The molecule has 0 saturated heterocycles. The molecule has 0 aromatic heterocycles. The van der Waals surface area contributed by atoms with Gasteiger partial charge < -0.3 is 4.90 Å². The van der Waals surface area contributed by atoms with Crippen LogP contribution in [-0.2, 0) is 6.18 Å². The van der Waals surface area contributed by atoms with E-state index in [9.17, 15) is 30.7 Å². The topological polar surface area (TPSA) is 7.60 Å². The standard InChI is InChI=1S/C12H9F7N2/c1-20-10-3-2-8(6-9(10)12(17,18)19)21(5-4-13)7-11(14,15)16/h2-3,6H,4-5,7H2. The zero-order valence-corrected chi connectivity index (χ0v) is 10.4. The van der Waals surface area contributed by atoms with Gasteiger partial charge in [-0.3, -0.25) is 0 Å². The molecule has 1 rings (SSSR count). The maximum absolute atomic E-state index is 12.7. The van der Waals surface area contributed by atoms with Gasteiger partial charge in [0.2, 0.25) is 0 Å². The van der Waals surface area contributed by atoms with Gasteiger partial charge in [-0.05, 0) is 12.1 Å². The second-order valence-corrected chi connectivity index (χ2v) is 4.04. The number of alkyl halides is 7. The van der Waals surface area contributed by atoms with E-state index in [1.54, 1.807) is 0 Å². The first kappa shape index (κ1) is 17.1. The molecule has 0 amide bonds. The highest BCUT2D eigenvalue weighted by Crippen LogP contribution is 2.39. The van der Waals surface area contributed by atoms with Crippen molar-refractivity contribution in [1.82, 2.24) is 0 Å². The molecule has 1 aromatic carbocycles. The molecule has 9 heteroatoms. The van der Waals surface area contributed by atoms with Crippen molar-refractivity contribution in [2.24, 2.45) is 0 Å². The number of anilines is 1. The summed E-state index contributed by atoms with van der Waals surface area (Å²) in [7, 11) is 0. The molecule has 0 radical (unpaired) electrons. The van der Waals surface area contributed by atoms with E-state index < -0.39 is 49.1 Å². The Morgan fingerprint density at radius 1 is 1.10 bits per heavy atom. The van der Waals surface area contributed by atoms with Crippen LogP contribution in [0.3, 0.4) is 0 Å². The van der Waals surface area contributed by atoms with Crippen LogP contribution in [0.15, 0.2) is 18.2 Å². The van der Waals surface area contributed by atoms with Crippen molar-refractivity contribution in [2.45, 2.75) is 12.4 Å². The van der Waals surface area contributed by atoms with Crippen molar-refractivity contribution in [3.05, 3.63) is 35.2 Å². The van der Waals surface area contributed by atoms with Crippen LogP contribution in [0, 0.1) is 6.57 Å². The molecule has 0 fully saturated rings. The van der Waals surface area contributed by atoms with Crippen LogP contribution in [0.4, 0.5) is 42.1 Å². The second-order valence-electron chi connectivity index (χ2n) is 4.04. The smallest absolute Gasteiger partial charge is 0.360 e. The fraction of sp³-hybridized carbons (Fsp3) is 0.417. The van der Waals surface area contributed by atoms with E-state index in [4.69, 9.17) is 6.57 Å². The van der Waals surface area contributed by atoms with Crippen LogP contribution >= 0.6 is 0 Å². The minimum Gasteiger partial charge on any atom is -0.360 e. The molecule has 0 aliphatic heterocycles. The fourth-order valence-corrected chi connectivity index (χ4v) is 1.66. The van der Waals surface area contributed by atoms with E-state index in [-0.39, 0.29) is 0 Å². The molecule has 116 valence electrons. The van der Waals surface area contributed by atoms with E-state index >= 15 is 0 Å². The number of hydrogen-bond donors (Lipinski definition) is 0. The van der Waals surface area contributed by atoms with Gasteiger partial charge >= 0.3 is 12.4 Å². The summed E-state index contributed by atoms with van der Waals surface area (Å²) in [5.74, 6) is 0. The SMILES string of the molecule is [C-]#[N+]c1ccc(N(CCF)CC(F)(F)F)cc1C(F)(F)F. The lowest BCUT2D eigenvalue weighted by Gasteiger charge is -2.25. The largest absolute Gasteiger partial charge is 0.407 e. The molecule has 0 unspecified atom stereocenters. The Labute approximate surface area is 115 Å². The molecule has 0 aliphatic carbocycles. The molecular formula is C12H9F7N2. The Bertz CT molecular complexity index is 528. The zero-order chi connectivity index (χ0) is 16.3. The summed E-state index contributed by atoms with van der Waals surface area (Å²) in [4.78, 5) is 3.12. The minimum atomic E-state index is -4.88. The first-order chi connectivity index (χ1) is 9.58. The summed E-state index contributed by atoms with van der Waals surface area (Å²) in [6.45, 7) is 3.21. The zero-order valence-electron chi connectivity index (χ0n) is 10.4. The minimum absolute atomic E-state index is 0.425. The van der Waals surface area contributed by atoms with E-state index in [0.29, 0.717) is 11.0 Å². The number of benzene rings is 1. The van der Waals surface area contributed by atoms with Gasteiger partial charge in [-0.1, -0.05) is 6.07 Å². The van der Waals surface area contributed by atoms with Gasteiger partial charge in [0.1, 0.15) is 13.2 Å². The van der Waals surface area contributed by atoms with Crippen LogP contribution in [0.1, 0.15) is 5.56 Å². The van der Waals surface area contributed by atoms with Crippen LogP contribution in [-0.4, -0.2) is 25.9 Å². The average molecular weight is 314 g/mol. The molecular weight excluding hydrogens is 305 g/mol. The molecule has 0 atom stereocenters. The second kappa shape index (κ2) is 6.20. The Balaban J connectivity index is 3.25. The summed E-state index contributed by atoms with van der Waals surface area (Å²) in [5.41, 5.74) is -2.51. The van der Waals surface area contributed by atoms with Gasteiger partial charge in [0.25, 0.3) is 0 Å². The third-order valence-corrected chi connectivity index (χ3v) is 2.50. The molecule has 2 nitrogen and oxygen atoms in total. The van der Waals surface area contributed by atoms with Crippen LogP contribution in [0.25, 0.3) is 4.85 Å². The van der Waals surface area contributed by atoms with Crippen LogP contribution in [0.2, 0.25) is 0 Å². The van der Waals surface area contributed by atoms with Crippen molar-refractivity contribution in [2.75, 3.05) is 24.7 Å². The van der Waals surface area contributed by atoms with Crippen molar-refractivity contribution in [3.63, 3.8) is 0 Å². The summed E-state index contributed by atoms with van der Waals surface area (Å²) in [6.07, 6.45) is -9.57. The maximum atomic E-state index is 12.7. The predicted octanol–water partition coefficient (Wildman–Crippen LogP) is 4.59. The van der Waals surface area contributed by atoms with Crippen molar-refractivity contribution in [1.29, 1.82) is 0 Å². The van der Waals surface area contributed by atoms with Crippen LogP contribution < -0.4 is 4.90 Å². The highest BCUT2D eigenvalue weighted by Gasteiger charge is 2.35. The normalized spacial score (nSPS) is 12.1. The first-order valence-corrected chi connectivity index (χ1v) is 5.55. The molecule has 1 aromatic rings. The Hall–Kier alpha value is -1.98. The van der Waals surface area contributed by atoms with Gasteiger partial charge in [0, 0.05) is 12.2 Å². The molecule has 0 saturated carbocycles. The lowest BCUT2D eigenvalue weighted by Crippen LogP contribution is -2.35. The van der Waals surface area contributed by atoms with Gasteiger partial charge in [0.15, 0.2) is 5.69 Å². The number of hydrogen-bond acceptors (Lipinski definition) is 1. The molecule has 21 heavy (non-hydrogen) atoms. The molecule has 0 N–H and O–H groups in total. The van der Waals surface area contributed by atoms with E-state index in [1.807, 2.05) is 0 Å². The lowest BCUT2D eigenvalue weighted by molar-refractivity contribution is -0.136. The number of nitrogens with zero attached hydrogens (tertiary/aromatic N) is 2. The van der Waals surface area contributed by atoms with Gasteiger partial charge in [-0.25, -0.2) is 9.24 Å². The van der Waals surface area contributed by atoms with Gasteiger partial charge in [-0.15, -0.1) is 0 Å². The van der Waals surface area contributed by atoms with E-state index in [2.05, 4.69) is 4.85 Å². The number of rotatable bonds is 4. The highest BCUT2D eigenvalue weighted by atomic mass is 19.4. The van der Waals surface area contributed by atoms with E-state index in [1.165, 1.54) is 0 Å². The third kappa shape index (κ3) is 4.81.